The van der Waals surface area contributed by atoms with E-state index in [4.69, 9.17) is 10.5 Å². The van der Waals surface area contributed by atoms with Crippen LogP contribution in [-0.2, 0) is 6.54 Å². The summed E-state index contributed by atoms with van der Waals surface area (Å²) in [6, 6.07) is 10.0. The van der Waals surface area contributed by atoms with Gasteiger partial charge in [0.25, 0.3) is 0 Å². The van der Waals surface area contributed by atoms with Gasteiger partial charge in [-0.25, -0.2) is 9.97 Å². The van der Waals surface area contributed by atoms with Gasteiger partial charge >= 0.3 is 0 Å². The lowest BCUT2D eigenvalue weighted by Crippen LogP contribution is -1.99. The Labute approximate surface area is 131 Å². The maximum Gasteiger partial charge on any atom is 0.152 e. The van der Waals surface area contributed by atoms with Crippen molar-refractivity contribution in [3.63, 3.8) is 0 Å². The summed E-state index contributed by atoms with van der Waals surface area (Å²) in [6.45, 7) is 0.733. The fourth-order valence-electron chi connectivity index (χ4n) is 2.61. The largest absolute Gasteiger partial charge is 0.497 e. The summed E-state index contributed by atoms with van der Waals surface area (Å²) in [5, 5.41) is 2.03. The molecule has 0 unspecified atom stereocenters. The number of anilines is 1. The topological polar surface area (TPSA) is 66.0 Å². The third-order valence-corrected chi connectivity index (χ3v) is 4.60. The summed E-state index contributed by atoms with van der Waals surface area (Å²) in [4.78, 5) is 8.84. The van der Waals surface area contributed by atoms with Crippen molar-refractivity contribution in [3.05, 3.63) is 47.6 Å². The Kier molecular flexibility index (Phi) is 2.97. The summed E-state index contributed by atoms with van der Waals surface area (Å²) >= 11 is 1.66. The van der Waals surface area contributed by atoms with Gasteiger partial charge in [-0.3, -0.25) is 0 Å². The molecule has 0 aliphatic heterocycles. The molecule has 22 heavy (non-hydrogen) atoms. The van der Waals surface area contributed by atoms with Crippen LogP contribution in [0.2, 0.25) is 0 Å². The smallest absolute Gasteiger partial charge is 0.152 e. The molecule has 0 bridgehead atoms. The minimum Gasteiger partial charge on any atom is -0.497 e. The molecule has 4 aromatic rings. The zero-order valence-corrected chi connectivity index (χ0v) is 12.8. The van der Waals surface area contributed by atoms with Crippen LogP contribution < -0.4 is 10.5 Å². The molecule has 3 aromatic heterocycles. The van der Waals surface area contributed by atoms with Gasteiger partial charge in [-0.1, -0.05) is 12.1 Å². The van der Waals surface area contributed by atoms with Gasteiger partial charge in [-0.05, 0) is 29.1 Å². The van der Waals surface area contributed by atoms with Crippen molar-refractivity contribution in [2.45, 2.75) is 6.54 Å². The molecule has 0 fully saturated rings. The van der Waals surface area contributed by atoms with E-state index in [1.54, 1.807) is 18.4 Å². The first-order valence-corrected chi connectivity index (χ1v) is 7.74. The summed E-state index contributed by atoms with van der Waals surface area (Å²) in [5.74, 6) is 1.34. The molecule has 5 nitrogen and oxygen atoms in total. The van der Waals surface area contributed by atoms with Crippen LogP contribution in [-0.4, -0.2) is 21.6 Å². The van der Waals surface area contributed by atoms with Crippen LogP contribution in [0, 0.1) is 0 Å². The van der Waals surface area contributed by atoms with E-state index >= 15 is 0 Å². The number of methoxy groups -OCH3 is 1. The molecule has 0 radical (unpaired) electrons. The predicted octanol–water partition coefficient (Wildman–Crippen LogP) is 3.29. The number of hydrogen-bond donors (Lipinski definition) is 1. The lowest BCUT2D eigenvalue weighted by atomic mass is 10.2. The number of hydrogen-bond acceptors (Lipinski definition) is 5. The number of thiophene rings is 1. The molecular formula is C16H14N4OS. The van der Waals surface area contributed by atoms with Gasteiger partial charge in [0.2, 0.25) is 0 Å². The van der Waals surface area contributed by atoms with Gasteiger partial charge in [0, 0.05) is 6.54 Å². The monoisotopic (exact) mass is 310 g/mol. The molecule has 0 saturated carbocycles. The SMILES string of the molecule is COc1ccc(Cn2cnc3c(N)nc4ccsc4c32)cc1. The molecule has 110 valence electrons. The lowest BCUT2D eigenvalue weighted by molar-refractivity contribution is 0.414. The molecule has 1 aromatic carbocycles. The Morgan fingerprint density at radius 2 is 2.05 bits per heavy atom. The van der Waals surface area contributed by atoms with Gasteiger partial charge in [0.05, 0.1) is 29.2 Å². The van der Waals surface area contributed by atoms with Gasteiger partial charge in [0.1, 0.15) is 11.3 Å². The number of benzene rings is 1. The van der Waals surface area contributed by atoms with Crippen molar-refractivity contribution >= 4 is 38.4 Å². The fourth-order valence-corrected chi connectivity index (χ4v) is 3.50. The molecule has 0 saturated heterocycles. The van der Waals surface area contributed by atoms with E-state index in [0.29, 0.717) is 5.82 Å². The van der Waals surface area contributed by atoms with E-state index in [9.17, 15) is 0 Å². The average molecular weight is 310 g/mol. The maximum atomic E-state index is 6.03. The maximum absolute atomic E-state index is 6.03. The molecule has 0 aliphatic rings. The van der Waals surface area contributed by atoms with E-state index in [2.05, 4.69) is 26.7 Å². The first kappa shape index (κ1) is 13.1. The van der Waals surface area contributed by atoms with Crippen molar-refractivity contribution in [1.82, 2.24) is 14.5 Å². The minimum atomic E-state index is 0.481. The van der Waals surface area contributed by atoms with Gasteiger partial charge in [-0.2, -0.15) is 0 Å². The zero-order valence-electron chi connectivity index (χ0n) is 12.0. The van der Waals surface area contributed by atoms with Crippen LogP contribution in [0.15, 0.2) is 42.0 Å². The first-order chi connectivity index (χ1) is 10.8. The number of imidazole rings is 1. The molecule has 3 heterocycles. The van der Waals surface area contributed by atoms with Crippen LogP contribution in [0.5, 0.6) is 5.75 Å². The Morgan fingerprint density at radius 1 is 1.23 bits per heavy atom. The number of pyridine rings is 1. The van der Waals surface area contributed by atoms with Gasteiger partial charge in [0.15, 0.2) is 5.82 Å². The molecule has 0 spiro atoms. The number of aromatic nitrogens is 3. The van der Waals surface area contributed by atoms with Crippen molar-refractivity contribution in [3.8, 4) is 5.75 Å². The lowest BCUT2D eigenvalue weighted by Gasteiger charge is -2.07. The molecule has 4 rings (SSSR count). The highest BCUT2D eigenvalue weighted by Crippen LogP contribution is 2.31. The van der Waals surface area contributed by atoms with E-state index in [-0.39, 0.29) is 0 Å². The van der Waals surface area contributed by atoms with Gasteiger partial charge in [-0.15, -0.1) is 11.3 Å². The van der Waals surface area contributed by atoms with Crippen LogP contribution in [0.3, 0.4) is 0 Å². The van der Waals surface area contributed by atoms with Crippen LogP contribution in [0.1, 0.15) is 5.56 Å². The number of rotatable bonds is 3. The minimum absolute atomic E-state index is 0.481. The Morgan fingerprint density at radius 3 is 2.82 bits per heavy atom. The average Bonchev–Trinajstić information content (AvgIpc) is 3.15. The second kappa shape index (κ2) is 4.99. The second-order valence-corrected chi connectivity index (χ2v) is 5.97. The first-order valence-electron chi connectivity index (χ1n) is 6.86. The summed E-state index contributed by atoms with van der Waals surface area (Å²) in [6.07, 6.45) is 1.83. The Bertz CT molecular complexity index is 956. The molecule has 0 aliphatic carbocycles. The third-order valence-electron chi connectivity index (χ3n) is 3.69. The molecule has 0 atom stereocenters. The Balaban J connectivity index is 1.84. The van der Waals surface area contributed by atoms with E-state index < -0.39 is 0 Å². The van der Waals surface area contributed by atoms with E-state index in [1.807, 2.05) is 29.9 Å². The van der Waals surface area contributed by atoms with Crippen molar-refractivity contribution in [1.29, 1.82) is 0 Å². The van der Waals surface area contributed by atoms with Gasteiger partial charge < -0.3 is 15.0 Å². The number of ether oxygens (including phenoxy) is 1. The summed E-state index contributed by atoms with van der Waals surface area (Å²) in [7, 11) is 1.67. The fraction of sp³-hybridized carbons (Fsp3) is 0.125. The molecular weight excluding hydrogens is 296 g/mol. The standard InChI is InChI=1S/C16H14N4OS/c1-21-11-4-2-10(3-5-11)8-20-9-18-13-14(20)15-12(6-7-22-15)19-16(13)17/h2-7,9H,8H2,1H3,(H2,17,19). The van der Waals surface area contributed by atoms with Crippen LogP contribution in [0.4, 0.5) is 5.82 Å². The highest BCUT2D eigenvalue weighted by atomic mass is 32.1. The Hall–Kier alpha value is -2.60. The van der Waals surface area contributed by atoms with E-state index in [0.717, 1.165) is 33.5 Å². The normalized spacial score (nSPS) is 11.3. The highest BCUT2D eigenvalue weighted by molar-refractivity contribution is 7.18. The predicted molar refractivity (Wildman–Crippen MR) is 89.4 cm³/mol. The number of fused-ring (bicyclic) bond motifs is 3. The zero-order chi connectivity index (χ0) is 15.1. The van der Waals surface area contributed by atoms with Crippen molar-refractivity contribution < 1.29 is 4.74 Å². The van der Waals surface area contributed by atoms with E-state index in [1.165, 1.54) is 5.56 Å². The van der Waals surface area contributed by atoms with Crippen molar-refractivity contribution in [2.75, 3.05) is 12.8 Å². The summed E-state index contributed by atoms with van der Waals surface area (Å²) < 4.78 is 8.43. The number of nitrogens with two attached hydrogens (primary N) is 1. The van der Waals surface area contributed by atoms with Crippen LogP contribution in [0.25, 0.3) is 21.3 Å². The van der Waals surface area contributed by atoms with Crippen LogP contribution >= 0.6 is 11.3 Å². The van der Waals surface area contributed by atoms with Crippen molar-refractivity contribution in [2.24, 2.45) is 0 Å². The highest BCUT2D eigenvalue weighted by Gasteiger charge is 2.13. The summed E-state index contributed by atoms with van der Waals surface area (Å²) in [5.41, 5.74) is 9.95. The number of nitrogen functional groups attached to an aromatic ring is 1. The third kappa shape index (κ3) is 2.00. The number of nitrogens with zero attached hydrogens (tertiary/aromatic N) is 3. The molecule has 2 N–H and O–H groups in total. The molecule has 0 amide bonds. The second-order valence-electron chi connectivity index (χ2n) is 5.05. The molecule has 6 heteroatoms. The quantitative estimate of drug-likeness (QED) is 0.630.